The van der Waals surface area contributed by atoms with Gasteiger partial charge in [-0.25, -0.2) is 4.98 Å². The molecule has 1 N–H and O–H groups in total. The number of rotatable bonds is 6. The Morgan fingerprint density at radius 3 is 2.95 bits per heavy atom. The molecular formula is C16H18N2OS2. The molecule has 0 saturated carbocycles. The van der Waals surface area contributed by atoms with Gasteiger partial charge in [-0.1, -0.05) is 12.1 Å². The highest BCUT2D eigenvalue weighted by molar-refractivity contribution is 7.98. The summed E-state index contributed by atoms with van der Waals surface area (Å²) in [6.07, 6.45) is 2.12. The number of thioether (sulfide) groups is 1. The number of furan rings is 1. The third-order valence-corrected chi connectivity index (χ3v) is 5.09. The van der Waals surface area contributed by atoms with Gasteiger partial charge in [-0.15, -0.1) is 11.3 Å². The van der Waals surface area contributed by atoms with Crippen molar-refractivity contribution in [2.24, 2.45) is 0 Å². The SMILES string of the molecule is CSCC(C)NCc1ccc(-c2nc3ccccc3s2)o1. The summed E-state index contributed by atoms with van der Waals surface area (Å²) in [5.74, 6) is 2.91. The fourth-order valence-electron chi connectivity index (χ4n) is 2.15. The van der Waals surface area contributed by atoms with E-state index in [4.69, 9.17) is 4.42 Å². The van der Waals surface area contributed by atoms with Crippen LogP contribution in [0.25, 0.3) is 21.0 Å². The minimum atomic E-state index is 0.482. The number of nitrogens with one attached hydrogen (secondary N) is 1. The first-order valence-corrected chi connectivity index (χ1v) is 9.14. The van der Waals surface area contributed by atoms with E-state index >= 15 is 0 Å². The molecule has 3 aromatic rings. The third kappa shape index (κ3) is 3.48. The minimum Gasteiger partial charge on any atom is -0.457 e. The van der Waals surface area contributed by atoms with Crippen LogP contribution in [0.5, 0.6) is 0 Å². The largest absolute Gasteiger partial charge is 0.457 e. The van der Waals surface area contributed by atoms with E-state index in [-0.39, 0.29) is 0 Å². The number of hydrogen-bond donors (Lipinski definition) is 1. The molecule has 1 atom stereocenters. The highest BCUT2D eigenvalue weighted by Gasteiger charge is 2.10. The van der Waals surface area contributed by atoms with Crippen molar-refractivity contribution < 1.29 is 4.42 Å². The van der Waals surface area contributed by atoms with Crippen LogP contribution in [0, 0.1) is 0 Å². The number of para-hydroxylation sites is 1. The van der Waals surface area contributed by atoms with Crippen LogP contribution in [0.3, 0.4) is 0 Å². The maximum Gasteiger partial charge on any atom is 0.163 e. The molecule has 0 saturated heterocycles. The third-order valence-electron chi connectivity index (χ3n) is 3.21. The molecule has 0 aliphatic carbocycles. The van der Waals surface area contributed by atoms with Crippen LogP contribution in [0.15, 0.2) is 40.8 Å². The summed E-state index contributed by atoms with van der Waals surface area (Å²) in [6.45, 7) is 2.94. The molecule has 110 valence electrons. The van der Waals surface area contributed by atoms with Crippen LogP contribution in [-0.2, 0) is 6.54 Å². The van der Waals surface area contributed by atoms with Gasteiger partial charge in [0.05, 0.1) is 16.8 Å². The molecule has 21 heavy (non-hydrogen) atoms. The van der Waals surface area contributed by atoms with Gasteiger partial charge in [0.15, 0.2) is 10.8 Å². The second-order valence-corrected chi connectivity index (χ2v) is 6.93. The molecule has 0 aliphatic rings. The maximum absolute atomic E-state index is 5.91. The van der Waals surface area contributed by atoms with Crippen molar-refractivity contribution in [1.82, 2.24) is 10.3 Å². The molecule has 0 spiro atoms. The Morgan fingerprint density at radius 1 is 1.29 bits per heavy atom. The highest BCUT2D eigenvalue weighted by Crippen LogP contribution is 2.31. The number of benzene rings is 1. The molecule has 0 bridgehead atoms. The van der Waals surface area contributed by atoms with E-state index in [2.05, 4.69) is 29.5 Å². The second-order valence-electron chi connectivity index (χ2n) is 4.99. The van der Waals surface area contributed by atoms with Gasteiger partial charge < -0.3 is 9.73 Å². The van der Waals surface area contributed by atoms with Gasteiger partial charge in [0, 0.05) is 11.8 Å². The topological polar surface area (TPSA) is 38.1 Å². The Labute approximate surface area is 132 Å². The molecule has 3 rings (SSSR count). The lowest BCUT2D eigenvalue weighted by atomic mass is 10.3. The average molecular weight is 318 g/mol. The zero-order chi connectivity index (χ0) is 14.7. The Hall–Kier alpha value is -1.30. The normalized spacial score (nSPS) is 12.9. The first kappa shape index (κ1) is 14.6. The summed E-state index contributed by atoms with van der Waals surface area (Å²) in [4.78, 5) is 4.62. The summed E-state index contributed by atoms with van der Waals surface area (Å²) in [6, 6.07) is 12.7. The van der Waals surface area contributed by atoms with Gasteiger partial charge in [-0.3, -0.25) is 0 Å². The molecule has 1 unspecified atom stereocenters. The molecule has 2 aromatic heterocycles. The standard InChI is InChI=1S/C16H18N2OS2/c1-11(10-20-2)17-9-12-7-8-14(19-12)16-18-13-5-3-4-6-15(13)21-16/h3-8,11,17H,9-10H2,1-2H3. The van der Waals surface area contributed by atoms with E-state index in [1.807, 2.05) is 42.1 Å². The zero-order valence-corrected chi connectivity index (χ0v) is 13.8. The van der Waals surface area contributed by atoms with Gasteiger partial charge in [0.1, 0.15) is 5.76 Å². The minimum absolute atomic E-state index is 0.482. The van der Waals surface area contributed by atoms with E-state index in [9.17, 15) is 0 Å². The molecule has 2 heterocycles. The summed E-state index contributed by atoms with van der Waals surface area (Å²) < 4.78 is 7.10. The Balaban J connectivity index is 1.72. The van der Waals surface area contributed by atoms with Crippen LogP contribution >= 0.6 is 23.1 Å². The molecular weight excluding hydrogens is 300 g/mol. The summed E-state index contributed by atoms with van der Waals surface area (Å²) in [5, 5.41) is 4.40. The summed E-state index contributed by atoms with van der Waals surface area (Å²) in [5.41, 5.74) is 1.03. The predicted octanol–water partition coefficient (Wildman–Crippen LogP) is 4.40. The lowest BCUT2D eigenvalue weighted by Crippen LogP contribution is -2.27. The number of thiazole rings is 1. The van der Waals surface area contributed by atoms with Crippen LogP contribution in [0.2, 0.25) is 0 Å². The van der Waals surface area contributed by atoms with E-state index in [0.717, 1.165) is 34.3 Å². The van der Waals surface area contributed by atoms with Crippen molar-refractivity contribution in [1.29, 1.82) is 0 Å². The molecule has 3 nitrogen and oxygen atoms in total. The monoisotopic (exact) mass is 318 g/mol. The number of fused-ring (bicyclic) bond motifs is 1. The van der Waals surface area contributed by atoms with E-state index in [1.54, 1.807) is 11.3 Å². The first-order valence-electron chi connectivity index (χ1n) is 6.93. The Morgan fingerprint density at radius 2 is 2.14 bits per heavy atom. The average Bonchev–Trinajstić information content (AvgIpc) is 3.11. The second kappa shape index (κ2) is 6.64. The predicted molar refractivity (Wildman–Crippen MR) is 92.0 cm³/mol. The zero-order valence-electron chi connectivity index (χ0n) is 12.1. The summed E-state index contributed by atoms with van der Waals surface area (Å²) >= 11 is 3.52. The van der Waals surface area contributed by atoms with Gasteiger partial charge >= 0.3 is 0 Å². The fourth-order valence-corrected chi connectivity index (χ4v) is 3.69. The van der Waals surface area contributed by atoms with Crippen molar-refractivity contribution in [2.45, 2.75) is 19.5 Å². The first-order chi connectivity index (χ1) is 10.3. The number of nitrogens with zero attached hydrogens (tertiary/aromatic N) is 1. The fraction of sp³-hybridized carbons (Fsp3) is 0.312. The van der Waals surface area contributed by atoms with Crippen molar-refractivity contribution >= 4 is 33.3 Å². The highest BCUT2D eigenvalue weighted by atomic mass is 32.2. The van der Waals surface area contributed by atoms with E-state index < -0.39 is 0 Å². The van der Waals surface area contributed by atoms with Gasteiger partial charge in [0.25, 0.3) is 0 Å². The quantitative estimate of drug-likeness (QED) is 0.731. The number of hydrogen-bond acceptors (Lipinski definition) is 5. The van der Waals surface area contributed by atoms with Crippen LogP contribution < -0.4 is 5.32 Å². The van der Waals surface area contributed by atoms with E-state index in [0.29, 0.717) is 6.04 Å². The number of aromatic nitrogens is 1. The Bertz CT molecular complexity index is 687. The smallest absolute Gasteiger partial charge is 0.163 e. The van der Waals surface area contributed by atoms with Crippen molar-refractivity contribution in [3.05, 3.63) is 42.2 Å². The molecule has 0 aliphatic heterocycles. The molecule has 0 fully saturated rings. The van der Waals surface area contributed by atoms with Crippen LogP contribution in [0.4, 0.5) is 0 Å². The molecule has 0 amide bonds. The molecule has 1 aromatic carbocycles. The summed E-state index contributed by atoms with van der Waals surface area (Å²) in [7, 11) is 0. The van der Waals surface area contributed by atoms with Crippen molar-refractivity contribution in [2.75, 3.05) is 12.0 Å². The molecule has 0 radical (unpaired) electrons. The van der Waals surface area contributed by atoms with Crippen LogP contribution in [-0.4, -0.2) is 23.0 Å². The van der Waals surface area contributed by atoms with E-state index in [1.165, 1.54) is 4.70 Å². The van der Waals surface area contributed by atoms with Crippen molar-refractivity contribution in [3.63, 3.8) is 0 Å². The Kier molecular flexibility index (Phi) is 4.63. The lowest BCUT2D eigenvalue weighted by Gasteiger charge is -2.10. The van der Waals surface area contributed by atoms with Gasteiger partial charge in [-0.2, -0.15) is 11.8 Å². The van der Waals surface area contributed by atoms with Gasteiger partial charge in [-0.05, 0) is 37.4 Å². The maximum atomic E-state index is 5.91. The van der Waals surface area contributed by atoms with Crippen LogP contribution in [0.1, 0.15) is 12.7 Å². The van der Waals surface area contributed by atoms with Gasteiger partial charge in [0.2, 0.25) is 0 Å². The lowest BCUT2D eigenvalue weighted by molar-refractivity contribution is 0.475. The molecule has 5 heteroatoms. The van der Waals surface area contributed by atoms with Crippen molar-refractivity contribution in [3.8, 4) is 10.8 Å².